The Morgan fingerprint density at radius 2 is 1.59 bits per heavy atom. The first-order chi connectivity index (χ1) is 13.6. The lowest BCUT2D eigenvalue weighted by Crippen LogP contribution is -2.57. The summed E-state index contributed by atoms with van der Waals surface area (Å²) in [5.41, 5.74) is 4.01. The van der Waals surface area contributed by atoms with Crippen molar-refractivity contribution in [3.05, 3.63) is 11.6 Å². The molecule has 3 saturated carbocycles. The highest BCUT2D eigenvalue weighted by atomic mass is 14.7. The van der Waals surface area contributed by atoms with Crippen LogP contribution in [-0.4, -0.2) is 0 Å². The van der Waals surface area contributed by atoms with Gasteiger partial charge >= 0.3 is 0 Å². The number of fused-ring (bicyclic) bond motifs is 5. The summed E-state index contributed by atoms with van der Waals surface area (Å²) in [4.78, 5) is 0. The van der Waals surface area contributed by atoms with Crippen molar-refractivity contribution < 1.29 is 0 Å². The number of hydrogen-bond acceptors (Lipinski definition) is 0. The van der Waals surface area contributed by atoms with Gasteiger partial charge in [-0.05, 0) is 96.7 Å². The van der Waals surface area contributed by atoms with Crippen LogP contribution in [0.3, 0.4) is 0 Å². The zero-order chi connectivity index (χ0) is 21.1. The molecule has 4 aliphatic carbocycles. The average Bonchev–Trinajstić information content (AvgIpc) is 2.94. The van der Waals surface area contributed by atoms with Crippen molar-refractivity contribution in [2.75, 3.05) is 0 Å². The van der Waals surface area contributed by atoms with E-state index in [1.807, 2.05) is 5.57 Å². The largest absolute Gasteiger partial charge is 0.0845 e. The van der Waals surface area contributed by atoms with Gasteiger partial charge in [0.2, 0.25) is 0 Å². The number of allylic oxidation sites excluding steroid dienone is 2. The van der Waals surface area contributed by atoms with Crippen LogP contribution in [0.5, 0.6) is 0 Å². The Labute approximate surface area is 182 Å². The first-order valence-corrected chi connectivity index (χ1v) is 13.3. The monoisotopic (exact) mass is 398 g/mol. The van der Waals surface area contributed by atoms with Gasteiger partial charge in [-0.3, -0.25) is 0 Å². The summed E-state index contributed by atoms with van der Waals surface area (Å²) in [5, 5.41) is 0. The fraction of sp³-hybridized carbons (Fsp3) is 0.931. The molecule has 0 aromatic carbocycles. The fourth-order valence-electron chi connectivity index (χ4n) is 9.30. The topological polar surface area (TPSA) is 0 Å². The summed E-state index contributed by atoms with van der Waals surface area (Å²) >= 11 is 0. The Hall–Kier alpha value is -0.260. The second-order valence-electron chi connectivity index (χ2n) is 13.2. The van der Waals surface area contributed by atoms with E-state index in [1.54, 1.807) is 0 Å². The van der Waals surface area contributed by atoms with Gasteiger partial charge < -0.3 is 0 Å². The van der Waals surface area contributed by atoms with Crippen molar-refractivity contribution in [2.24, 2.45) is 45.3 Å². The third-order valence-electron chi connectivity index (χ3n) is 12.0. The van der Waals surface area contributed by atoms with Crippen LogP contribution in [0.25, 0.3) is 0 Å². The third kappa shape index (κ3) is 3.04. The second kappa shape index (κ2) is 7.41. The lowest BCUT2D eigenvalue weighted by atomic mass is 9.39. The molecule has 0 aliphatic heterocycles. The summed E-state index contributed by atoms with van der Waals surface area (Å²) in [6, 6.07) is 0. The molecule has 4 aliphatic rings. The van der Waals surface area contributed by atoms with Crippen LogP contribution in [0.2, 0.25) is 0 Å². The zero-order valence-corrected chi connectivity index (χ0v) is 20.9. The molecule has 166 valence electrons. The molecule has 0 aromatic rings. The van der Waals surface area contributed by atoms with Gasteiger partial charge in [-0.15, -0.1) is 0 Å². The quantitative estimate of drug-likeness (QED) is 0.405. The van der Waals surface area contributed by atoms with Crippen LogP contribution in [0.1, 0.15) is 126 Å². The van der Waals surface area contributed by atoms with Crippen LogP contribution in [0.4, 0.5) is 0 Å². The maximum absolute atomic E-state index is 2.75. The average molecular weight is 399 g/mol. The first-order valence-electron chi connectivity index (χ1n) is 13.3. The molecule has 0 heteroatoms. The zero-order valence-electron chi connectivity index (χ0n) is 20.9. The minimum Gasteiger partial charge on any atom is -0.0845 e. The molecule has 0 aromatic heterocycles. The van der Waals surface area contributed by atoms with Crippen molar-refractivity contribution >= 4 is 0 Å². The van der Waals surface area contributed by atoms with Gasteiger partial charge in [-0.25, -0.2) is 0 Å². The third-order valence-corrected chi connectivity index (χ3v) is 12.0. The highest BCUT2D eigenvalue weighted by Gasteiger charge is 2.66. The molecule has 0 amide bonds. The maximum Gasteiger partial charge on any atom is -0.00598 e. The van der Waals surface area contributed by atoms with Crippen molar-refractivity contribution in [1.29, 1.82) is 0 Å². The SMILES string of the molecule is CC(C)CCC[C@@H](C)C1(C)CCC2[C@@H]3CC=C4CCCC[C@]4(C)C3(C)CC[C@@]21C. The molecule has 7 atom stereocenters. The molecule has 0 heterocycles. The van der Waals surface area contributed by atoms with Crippen LogP contribution < -0.4 is 0 Å². The van der Waals surface area contributed by atoms with Gasteiger partial charge in [-0.1, -0.05) is 85.8 Å². The van der Waals surface area contributed by atoms with Crippen molar-refractivity contribution in [3.63, 3.8) is 0 Å². The molecule has 3 fully saturated rings. The van der Waals surface area contributed by atoms with Crippen LogP contribution in [-0.2, 0) is 0 Å². The molecular weight excluding hydrogens is 348 g/mol. The molecular formula is C29H50. The van der Waals surface area contributed by atoms with Gasteiger partial charge in [0.25, 0.3) is 0 Å². The van der Waals surface area contributed by atoms with E-state index in [0.29, 0.717) is 21.7 Å². The predicted molar refractivity (Wildman–Crippen MR) is 127 cm³/mol. The van der Waals surface area contributed by atoms with Gasteiger partial charge in [0.15, 0.2) is 0 Å². The van der Waals surface area contributed by atoms with E-state index in [0.717, 1.165) is 23.7 Å². The van der Waals surface area contributed by atoms with Gasteiger partial charge in [-0.2, -0.15) is 0 Å². The Balaban J connectivity index is 1.59. The summed E-state index contributed by atoms with van der Waals surface area (Å²) in [6.07, 6.45) is 20.1. The molecule has 0 radical (unpaired) electrons. The minimum absolute atomic E-state index is 0.497. The van der Waals surface area contributed by atoms with E-state index in [9.17, 15) is 0 Å². The Morgan fingerprint density at radius 1 is 0.862 bits per heavy atom. The Morgan fingerprint density at radius 3 is 2.31 bits per heavy atom. The van der Waals surface area contributed by atoms with Crippen molar-refractivity contribution in [3.8, 4) is 0 Å². The van der Waals surface area contributed by atoms with Gasteiger partial charge in [0.1, 0.15) is 0 Å². The van der Waals surface area contributed by atoms with Gasteiger partial charge in [0, 0.05) is 0 Å². The molecule has 0 spiro atoms. The molecule has 0 bridgehead atoms. The molecule has 0 nitrogen and oxygen atoms in total. The normalized spacial score (nSPS) is 47.9. The van der Waals surface area contributed by atoms with E-state index in [2.05, 4.69) is 54.5 Å². The second-order valence-corrected chi connectivity index (χ2v) is 13.2. The van der Waals surface area contributed by atoms with Crippen molar-refractivity contribution in [1.82, 2.24) is 0 Å². The number of rotatable bonds is 5. The smallest absolute Gasteiger partial charge is 0.00598 e. The minimum atomic E-state index is 0.497. The van der Waals surface area contributed by atoms with Crippen LogP contribution in [0.15, 0.2) is 11.6 Å². The summed E-state index contributed by atoms with van der Waals surface area (Å²) in [5.74, 6) is 3.62. The van der Waals surface area contributed by atoms with E-state index in [-0.39, 0.29) is 0 Å². The maximum atomic E-state index is 2.75. The lowest BCUT2D eigenvalue weighted by molar-refractivity contribution is -0.133. The van der Waals surface area contributed by atoms with Gasteiger partial charge in [0.05, 0.1) is 0 Å². The summed E-state index contributed by atoms with van der Waals surface area (Å²) < 4.78 is 0. The highest BCUT2D eigenvalue weighted by Crippen LogP contribution is 2.74. The van der Waals surface area contributed by atoms with E-state index < -0.39 is 0 Å². The summed E-state index contributed by atoms with van der Waals surface area (Å²) in [6.45, 7) is 18.2. The molecule has 0 N–H and O–H groups in total. The van der Waals surface area contributed by atoms with Crippen LogP contribution >= 0.6 is 0 Å². The lowest BCUT2D eigenvalue weighted by Gasteiger charge is -2.65. The molecule has 0 saturated heterocycles. The molecule has 3 unspecified atom stereocenters. The first kappa shape index (κ1) is 22.0. The van der Waals surface area contributed by atoms with E-state index in [1.165, 1.54) is 77.0 Å². The molecule has 29 heavy (non-hydrogen) atoms. The van der Waals surface area contributed by atoms with Crippen LogP contribution in [0, 0.1) is 45.3 Å². The van der Waals surface area contributed by atoms with E-state index in [4.69, 9.17) is 0 Å². The standard InChI is InChI=1S/C29H50/c1-21(2)11-10-12-22(3)26(4)18-16-25-24-15-14-23-13-8-9-17-27(23,5)29(24,7)20-19-28(25,26)6/h14,21-22,24-25H,8-13,15-20H2,1-7H3/t22-,24+,25?,26?,27+,28+,29?/m1/s1. The Bertz CT molecular complexity index is 642. The summed E-state index contributed by atoms with van der Waals surface area (Å²) in [7, 11) is 0. The Kier molecular flexibility index (Phi) is 5.61. The predicted octanol–water partition coefficient (Wildman–Crippen LogP) is 9.20. The highest BCUT2D eigenvalue weighted by molar-refractivity contribution is 5.28. The van der Waals surface area contributed by atoms with Crippen molar-refractivity contribution in [2.45, 2.75) is 126 Å². The fourth-order valence-corrected chi connectivity index (χ4v) is 9.30. The number of hydrogen-bond donors (Lipinski definition) is 0. The van der Waals surface area contributed by atoms with E-state index >= 15 is 0 Å². The molecule has 4 rings (SSSR count).